The minimum absolute atomic E-state index is 0.444. The largest absolute Gasteiger partial charge is 0.416 e. The van der Waals surface area contributed by atoms with Crippen molar-refractivity contribution in [3.63, 3.8) is 0 Å². The van der Waals surface area contributed by atoms with Gasteiger partial charge in [-0.25, -0.2) is 13.1 Å². The van der Waals surface area contributed by atoms with Crippen molar-refractivity contribution in [2.45, 2.75) is 19.1 Å². The molecule has 0 bridgehead atoms. The Morgan fingerprint density at radius 3 is 2.12 bits per heavy atom. The van der Waals surface area contributed by atoms with Gasteiger partial charge in [0.1, 0.15) is 0 Å². The molecule has 128 valence electrons. The summed E-state index contributed by atoms with van der Waals surface area (Å²) in [5.74, 6) is 0. The van der Waals surface area contributed by atoms with Crippen molar-refractivity contribution in [1.29, 1.82) is 0 Å². The first-order chi connectivity index (χ1) is 11.2. The van der Waals surface area contributed by atoms with E-state index in [2.05, 4.69) is 4.72 Å². The lowest BCUT2D eigenvalue weighted by Gasteiger charge is -2.14. The zero-order valence-electron chi connectivity index (χ0n) is 12.8. The van der Waals surface area contributed by atoms with E-state index in [1.54, 1.807) is 31.2 Å². The van der Waals surface area contributed by atoms with Crippen LogP contribution in [0.15, 0.2) is 60.0 Å². The predicted octanol–water partition coefficient (Wildman–Crippen LogP) is 4.36. The molecule has 0 fully saturated rings. The Bertz CT molecular complexity index is 798. The van der Waals surface area contributed by atoms with E-state index in [4.69, 9.17) is 0 Å². The molecule has 0 heterocycles. The number of hydrogen-bond acceptors (Lipinski definition) is 2. The molecule has 0 amide bonds. The Balaban J connectivity index is 2.08. The summed E-state index contributed by atoms with van der Waals surface area (Å²) in [4.78, 5) is 0. The second kappa shape index (κ2) is 7.19. The maximum absolute atomic E-state index is 12.5. The summed E-state index contributed by atoms with van der Waals surface area (Å²) in [6.45, 7) is 1.57. The molecule has 3 nitrogen and oxygen atoms in total. The van der Waals surface area contributed by atoms with Crippen molar-refractivity contribution in [1.82, 2.24) is 4.72 Å². The van der Waals surface area contributed by atoms with Gasteiger partial charge in [-0.15, -0.1) is 0 Å². The van der Waals surface area contributed by atoms with E-state index in [9.17, 15) is 21.6 Å². The van der Waals surface area contributed by atoms with Crippen LogP contribution in [-0.4, -0.2) is 8.42 Å². The fourth-order valence-electron chi connectivity index (χ4n) is 2.05. The van der Waals surface area contributed by atoms with Gasteiger partial charge in [-0.1, -0.05) is 42.5 Å². The molecule has 1 N–H and O–H groups in total. The molecule has 0 saturated carbocycles. The van der Waals surface area contributed by atoms with Crippen molar-refractivity contribution >= 4 is 16.1 Å². The topological polar surface area (TPSA) is 46.2 Å². The van der Waals surface area contributed by atoms with Gasteiger partial charge in [0.05, 0.1) is 5.56 Å². The van der Waals surface area contributed by atoms with E-state index >= 15 is 0 Å². The summed E-state index contributed by atoms with van der Waals surface area (Å²) in [7, 11) is -3.72. The van der Waals surface area contributed by atoms with Gasteiger partial charge in [0.2, 0.25) is 10.0 Å². The first-order valence-electron chi connectivity index (χ1n) is 7.10. The summed E-state index contributed by atoms with van der Waals surface area (Å²) < 4.78 is 64.1. The maximum Gasteiger partial charge on any atom is 0.416 e. The molecular formula is C17H16F3NO2S. The molecule has 1 atom stereocenters. The number of alkyl halides is 3. The molecule has 1 unspecified atom stereocenters. The molecule has 0 radical (unpaired) electrons. The second-order valence-corrected chi connectivity index (χ2v) is 6.82. The Morgan fingerprint density at radius 2 is 1.58 bits per heavy atom. The van der Waals surface area contributed by atoms with Crippen molar-refractivity contribution in [3.8, 4) is 0 Å². The van der Waals surface area contributed by atoms with E-state index in [1.165, 1.54) is 18.2 Å². The van der Waals surface area contributed by atoms with E-state index in [0.717, 1.165) is 23.1 Å². The van der Waals surface area contributed by atoms with Crippen molar-refractivity contribution < 1.29 is 21.6 Å². The van der Waals surface area contributed by atoms with Crippen LogP contribution in [0.4, 0.5) is 13.2 Å². The van der Waals surface area contributed by atoms with E-state index in [0.29, 0.717) is 5.56 Å². The third-order valence-corrected chi connectivity index (χ3v) is 4.49. The number of rotatable bonds is 5. The Labute approximate surface area is 138 Å². The summed E-state index contributed by atoms with van der Waals surface area (Å²) in [6.07, 6.45) is -2.97. The molecule has 0 aliphatic carbocycles. The maximum atomic E-state index is 12.5. The van der Waals surface area contributed by atoms with Gasteiger partial charge in [-0.3, -0.25) is 0 Å². The summed E-state index contributed by atoms with van der Waals surface area (Å²) >= 11 is 0. The fraction of sp³-hybridized carbons (Fsp3) is 0.176. The lowest BCUT2D eigenvalue weighted by molar-refractivity contribution is -0.137. The van der Waals surface area contributed by atoms with Crippen LogP contribution in [0.3, 0.4) is 0 Å². The zero-order chi connectivity index (χ0) is 17.8. The molecule has 2 aromatic rings. The molecule has 7 heteroatoms. The minimum Gasteiger partial charge on any atom is -0.208 e. The molecule has 0 aliphatic heterocycles. The average molecular weight is 355 g/mol. The normalized spacial score (nSPS) is 14.0. The van der Waals surface area contributed by atoms with Gasteiger partial charge < -0.3 is 0 Å². The zero-order valence-corrected chi connectivity index (χ0v) is 13.6. The molecule has 2 aromatic carbocycles. The van der Waals surface area contributed by atoms with Gasteiger partial charge in [0.15, 0.2) is 0 Å². The predicted molar refractivity (Wildman–Crippen MR) is 87.4 cm³/mol. The molecule has 0 spiro atoms. The molecule has 0 aromatic heterocycles. The highest BCUT2D eigenvalue weighted by molar-refractivity contribution is 7.92. The van der Waals surface area contributed by atoms with E-state index < -0.39 is 27.8 Å². The number of hydrogen-bond donors (Lipinski definition) is 1. The lowest BCUT2D eigenvalue weighted by atomic mass is 10.1. The smallest absolute Gasteiger partial charge is 0.208 e. The average Bonchev–Trinajstić information content (AvgIpc) is 2.53. The lowest BCUT2D eigenvalue weighted by Crippen LogP contribution is -2.24. The number of sulfonamides is 1. The van der Waals surface area contributed by atoms with Crippen LogP contribution in [0.25, 0.3) is 6.08 Å². The first kappa shape index (κ1) is 18.2. The van der Waals surface area contributed by atoms with Crippen molar-refractivity contribution in [2.24, 2.45) is 0 Å². The first-order valence-corrected chi connectivity index (χ1v) is 8.65. The molecular weight excluding hydrogens is 339 g/mol. The quantitative estimate of drug-likeness (QED) is 0.866. The van der Waals surface area contributed by atoms with Gasteiger partial charge in [0.25, 0.3) is 0 Å². The van der Waals surface area contributed by atoms with Crippen LogP contribution in [-0.2, 0) is 16.2 Å². The fourth-order valence-corrected chi connectivity index (χ4v) is 3.09. The molecule has 0 saturated heterocycles. The minimum atomic E-state index is -4.42. The van der Waals surface area contributed by atoms with Crippen molar-refractivity contribution in [2.75, 3.05) is 0 Å². The highest BCUT2D eigenvalue weighted by Crippen LogP contribution is 2.30. The van der Waals surface area contributed by atoms with Gasteiger partial charge in [-0.05, 0) is 36.3 Å². The molecule has 24 heavy (non-hydrogen) atoms. The number of benzene rings is 2. The van der Waals surface area contributed by atoms with Crippen LogP contribution in [0, 0.1) is 0 Å². The van der Waals surface area contributed by atoms with Crippen LogP contribution in [0.2, 0.25) is 0 Å². The SMILES string of the molecule is CC(NS(=O)(=O)C=Cc1ccccc1)c1ccc(C(F)(F)F)cc1. The third kappa shape index (κ3) is 5.21. The summed E-state index contributed by atoms with van der Waals surface area (Å²) in [5, 5.41) is 1.03. The number of halogens is 3. The van der Waals surface area contributed by atoms with E-state index in [1.807, 2.05) is 6.07 Å². The van der Waals surface area contributed by atoms with Crippen LogP contribution < -0.4 is 4.72 Å². The molecule has 0 aliphatic rings. The molecule has 2 rings (SSSR count). The van der Waals surface area contributed by atoms with Crippen LogP contribution in [0.5, 0.6) is 0 Å². The third-order valence-electron chi connectivity index (χ3n) is 3.32. The Morgan fingerprint density at radius 1 is 1.00 bits per heavy atom. The standard InChI is InChI=1S/C17H16F3NO2S/c1-13(15-7-9-16(10-8-15)17(18,19)20)21-24(22,23)12-11-14-5-3-2-4-6-14/h2-13,21H,1H3. The Hall–Kier alpha value is -2.12. The summed E-state index contributed by atoms with van der Waals surface area (Å²) in [6, 6.07) is 12.6. The van der Waals surface area contributed by atoms with Crippen molar-refractivity contribution in [3.05, 3.63) is 76.7 Å². The second-order valence-electron chi connectivity index (χ2n) is 5.22. The van der Waals surface area contributed by atoms with Crippen LogP contribution in [0.1, 0.15) is 29.7 Å². The van der Waals surface area contributed by atoms with Gasteiger partial charge in [0, 0.05) is 11.4 Å². The van der Waals surface area contributed by atoms with Gasteiger partial charge >= 0.3 is 6.18 Å². The summed E-state index contributed by atoms with van der Waals surface area (Å²) in [5.41, 5.74) is 0.398. The Kier molecular flexibility index (Phi) is 5.46. The van der Waals surface area contributed by atoms with Gasteiger partial charge in [-0.2, -0.15) is 13.2 Å². The number of nitrogens with one attached hydrogen (secondary N) is 1. The van der Waals surface area contributed by atoms with E-state index in [-0.39, 0.29) is 0 Å². The van der Waals surface area contributed by atoms with Crippen LogP contribution >= 0.6 is 0 Å². The monoisotopic (exact) mass is 355 g/mol. The highest BCUT2D eigenvalue weighted by Gasteiger charge is 2.30. The highest BCUT2D eigenvalue weighted by atomic mass is 32.2.